The molecule has 160 valence electrons. The highest BCUT2D eigenvalue weighted by molar-refractivity contribution is 5.97. The Morgan fingerprint density at radius 3 is 2.53 bits per heavy atom. The normalized spacial score (nSPS) is 19.1. The number of carbonyl (C=O) groups excluding carboxylic acids is 2. The molecule has 1 aliphatic heterocycles. The largest absolute Gasteiger partial charge is 0.496 e. The van der Waals surface area contributed by atoms with Gasteiger partial charge in [0.15, 0.2) is 0 Å². The third kappa shape index (κ3) is 4.82. The summed E-state index contributed by atoms with van der Waals surface area (Å²) in [5, 5.41) is 3.08. The average Bonchev–Trinajstić information content (AvgIpc) is 2.74. The second-order valence-electron chi connectivity index (χ2n) is 8.18. The molecule has 2 aromatic carbocycles. The molecule has 0 spiro atoms. The molecule has 0 radical (unpaired) electrons. The van der Waals surface area contributed by atoms with Crippen molar-refractivity contribution in [1.29, 1.82) is 0 Å². The molecule has 2 atom stereocenters. The van der Waals surface area contributed by atoms with Gasteiger partial charge in [0.2, 0.25) is 11.8 Å². The van der Waals surface area contributed by atoms with Gasteiger partial charge in [0, 0.05) is 17.7 Å². The molecule has 0 aliphatic carbocycles. The number of carbonyl (C=O) groups is 2. The lowest BCUT2D eigenvalue weighted by Gasteiger charge is -2.41. The third-order valence-corrected chi connectivity index (χ3v) is 5.63. The lowest BCUT2D eigenvalue weighted by Crippen LogP contribution is -3.06. The van der Waals surface area contributed by atoms with Crippen molar-refractivity contribution in [2.75, 3.05) is 39.2 Å². The number of nitrogens with one attached hydrogen (secondary N) is 2. The van der Waals surface area contributed by atoms with Crippen LogP contribution in [0.2, 0.25) is 0 Å². The van der Waals surface area contributed by atoms with Crippen LogP contribution in [0.4, 0.5) is 5.69 Å². The molecule has 1 saturated heterocycles. The molecule has 2 amide bonds. The number of nitrogens with zero attached hydrogens (tertiary/aromatic N) is 1. The molecule has 3 rings (SSSR count). The maximum Gasteiger partial charge on any atom is 0.227 e. The fourth-order valence-corrected chi connectivity index (χ4v) is 4.01. The van der Waals surface area contributed by atoms with Gasteiger partial charge in [0.05, 0.1) is 46.3 Å². The number of methoxy groups -OCH3 is 1. The number of rotatable bonds is 7. The molecule has 2 N–H and O–H groups in total. The van der Waals surface area contributed by atoms with Crippen LogP contribution in [0, 0.1) is 12.8 Å². The molecule has 0 saturated carbocycles. The highest BCUT2D eigenvalue weighted by atomic mass is 16.5. The summed E-state index contributed by atoms with van der Waals surface area (Å²) in [6.07, 6.45) is 0.862. The van der Waals surface area contributed by atoms with E-state index in [4.69, 9.17) is 4.74 Å². The molecule has 0 unspecified atom stereocenters. The number of ether oxygens (including phenoxy) is 1. The first kappa shape index (κ1) is 21.8. The number of hydrogen-bond acceptors (Lipinski definition) is 3. The molecule has 0 bridgehead atoms. The first-order chi connectivity index (χ1) is 14.4. The predicted octanol–water partition coefficient (Wildman–Crippen LogP) is 1.75. The van der Waals surface area contributed by atoms with Crippen LogP contribution in [0.25, 0.3) is 0 Å². The van der Waals surface area contributed by atoms with Gasteiger partial charge < -0.3 is 19.9 Å². The van der Waals surface area contributed by atoms with Gasteiger partial charge in [-0.05, 0) is 31.5 Å². The van der Waals surface area contributed by atoms with Crippen molar-refractivity contribution in [1.82, 2.24) is 5.32 Å². The van der Waals surface area contributed by atoms with Crippen molar-refractivity contribution in [3.63, 3.8) is 0 Å². The molecule has 0 aromatic heterocycles. The lowest BCUT2D eigenvalue weighted by molar-refractivity contribution is -0.856. The Balaban J connectivity index is 2.02. The summed E-state index contributed by atoms with van der Waals surface area (Å²) in [6, 6.07) is 15.1. The van der Waals surface area contributed by atoms with Crippen LogP contribution in [-0.4, -0.2) is 46.1 Å². The monoisotopic (exact) mass is 410 g/mol. The number of para-hydroxylation sites is 1. The van der Waals surface area contributed by atoms with Gasteiger partial charge in [-0.15, -0.1) is 0 Å². The second-order valence-corrected chi connectivity index (χ2v) is 8.18. The summed E-state index contributed by atoms with van der Waals surface area (Å²) in [6.45, 7) is 3.47. The summed E-state index contributed by atoms with van der Waals surface area (Å²) in [5.41, 5.74) is 2.78. The van der Waals surface area contributed by atoms with Crippen molar-refractivity contribution < 1.29 is 19.2 Å². The smallest absolute Gasteiger partial charge is 0.227 e. The third-order valence-electron chi connectivity index (χ3n) is 5.63. The maximum atomic E-state index is 13.2. The summed E-state index contributed by atoms with van der Waals surface area (Å²) in [5.74, 6) is 0.343. The molecule has 6 heteroatoms. The Bertz CT molecular complexity index is 880. The summed E-state index contributed by atoms with van der Waals surface area (Å²) in [7, 11) is 5.74. The predicted molar refractivity (Wildman–Crippen MR) is 118 cm³/mol. The van der Waals surface area contributed by atoms with Gasteiger partial charge in [-0.3, -0.25) is 9.59 Å². The summed E-state index contributed by atoms with van der Waals surface area (Å²) >= 11 is 0. The summed E-state index contributed by atoms with van der Waals surface area (Å²) in [4.78, 5) is 29.3. The van der Waals surface area contributed by atoms with E-state index in [1.54, 1.807) is 12.0 Å². The van der Waals surface area contributed by atoms with Crippen molar-refractivity contribution in [2.24, 2.45) is 5.92 Å². The topological polar surface area (TPSA) is 63.1 Å². The van der Waals surface area contributed by atoms with Crippen LogP contribution in [0.5, 0.6) is 5.75 Å². The van der Waals surface area contributed by atoms with Crippen molar-refractivity contribution in [3.8, 4) is 5.75 Å². The first-order valence-corrected chi connectivity index (χ1v) is 10.5. The molecule has 1 fully saturated rings. The van der Waals surface area contributed by atoms with Crippen LogP contribution >= 0.6 is 0 Å². The number of piperidine rings is 1. The van der Waals surface area contributed by atoms with E-state index < -0.39 is 6.04 Å². The minimum Gasteiger partial charge on any atom is -0.496 e. The number of amides is 2. The van der Waals surface area contributed by atoms with Crippen molar-refractivity contribution in [2.45, 2.75) is 25.8 Å². The molecule has 6 nitrogen and oxygen atoms in total. The molecular formula is C24H32N3O3+. The minimum absolute atomic E-state index is 0.0169. The van der Waals surface area contributed by atoms with Gasteiger partial charge in [-0.2, -0.15) is 0 Å². The van der Waals surface area contributed by atoms with E-state index in [0.29, 0.717) is 25.1 Å². The molecule has 30 heavy (non-hydrogen) atoms. The average molecular weight is 411 g/mol. The Labute approximate surface area is 178 Å². The van der Waals surface area contributed by atoms with Crippen molar-refractivity contribution >= 4 is 17.5 Å². The zero-order chi connectivity index (χ0) is 21.7. The molecule has 1 heterocycles. The van der Waals surface area contributed by atoms with Gasteiger partial charge in [-0.1, -0.05) is 35.9 Å². The van der Waals surface area contributed by atoms with Crippen molar-refractivity contribution in [3.05, 3.63) is 59.7 Å². The number of quaternary nitrogens is 1. The maximum absolute atomic E-state index is 13.2. The number of anilines is 1. The number of benzene rings is 2. The van der Waals surface area contributed by atoms with E-state index in [9.17, 15) is 9.59 Å². The van der Waals surface area contributed by atoms with Crippen LogP contribution in [0.3, 0.4) is 0 Å². The van der Waals surface area contributed by atoms with Crippen LogP contribution in [0.1, 0.15) is 30.0 Å². The van der Waals surface area contributed by atoms with Gasteiger partial charge in [-0.25, -0.2) is 0 Å². The zero-order valence-corrected chi connectivity index (χ0v) is 18.3. The van der Waals surface area contributed by atoms with E-state index in [1.165, 1.54) is 4.90 Å². The fourth-order valence-electron chi connectivity index (χ4n) is 4.01. The highest BCUT2D eigenvalue weighted by Gasteiger charge is 2.42. The summed E-state index contributed by atoms with van der Waals surface area (Å²) < 4.78 is 5.60. The standard InChI is InChI=1S/C24H31N3O3/c1-17-9-11-18(12-10-17)27-22(28)14-13-20(24(29)25-15-16-26(2)3)23(27)19-7-5-6-8-21(19)30-4/h5-12,20,23H,13-16H2,1-4H3,(H,25,29)/p+1/t20-,23-/m0/s1. The Morgan fingerprint density at radius 1 is 1.17 bits per heavy atom. The van der Waals surface area contributed by atoms with E-state index in [2.05, 4.69) is 19.4 Å². The quantitative estimate of drug-likeness (QED) is 0.731. The SMILES string of the molecule is COc1ccccc1[C@H]1[C@@H](C(=O)NCC[NH+](C)C)CCC(=O)N1c1ccc(C)cc1. The van der Waals surface area contributed by atoms with E-state index in [-0.39, 0.29) is 17.7 Å². The first-order valence-electron chi connectivity index (χ1n) is 10.5. The zero-order valence-electron chi connectivity index (χ0n) is 18.3. The Morgan fingerprint density at radius 2 is 1.87 bits per heavy atom. The second kappa shape index (κ2) is 9.76. The van der Waals surface area contributed by atoms with Crippen LogP contribution in [0.15, 0.2) is 48.5 Å². The molecule has 2 aromatic rings. The van der Waals surface area contributed by atoms with E-state index in [1.807, 2.05) is 55.5 Å². The van der Waals surface area contributed by atoms with Crippen LogP contribution in [-0.2, 0) is 9.59 Å². The van der Waals surface area contributed by atoms with Gasteiger partial charge in [0.25, 0.3) is 0 Å². The van der Waals surface area contributed by atoms with E-state index in [0.717, 1.165) is 23.4 Å². The Kier molecular flexibility index (Phi) is 7.11. The number of aryl methyl sites for hydroxylation is 1. The number of hydrogen-bond donors (Lipinski definition) is 2. The lowest BCUT2D eigenvalue weighted by atomic mass is 9.82. The number of likely N-dealkylation sites (N-methyl/N-ethyl adjacent to an activating group) is 1. The molecular weight excluding hydrogens is 378 g/mol. The van der Waals surface area contributed by atoms with E-state index >= 15 is 0 Å². The fraction of sp³-hybridized carbons (Fsp3) is 0.417. The van der Waals surface area contributed by atoms with Gasteiger partial charge in [0.1, 0.15) is 5.75 Å². The van der Waals surface area contributed by atoms with Gasteiger partial charge >= 0.3 is 0 Å². The minimum atomic E-state index is -0.420. The van der Waals surface area contributed by atoms with Crippen LogP contribution < -0.4 is 19.9 Å². The Hall–Kier alpha value is -2.86. The highest BCUT2D eigenvalue weighted by Crippen LogP contribution is 2.43. The molecule has 1 aliphatic rings.